The van der Waals surface area contributed by atoms with Gasteiger partial charge in [-0.1, -0.05) is 0 Å². The molecule has 142 valence electrons. The summed E-state index contributed by atoms with van der Waals surface area (Å²) in [7, 11) is 0. The van der Waals surface area contributed by atoms with Crippen LogP contribution in [0, 0.1) is 25.2 Å². The number of amides is 2. The molecule has 0 radical (unpaired) electrons. The van der Waals surface area contributed by atoms with E-state index in [1.54, 1.807) is 6.07 Å². The van der Waals surface area contributed by atoms with Gasteiger partial charge < -0.3 is 20.0 Å². The molecular formula is C20H29N3O3. The second-order valence-corrected chi connectivity index (χ2v) is 8.27. The van der Waals surface area contributed by atoms with E-state index in [4.69, 9.17) is 4.42 Å². The summed E-state index contributed by atoms with van der Waals surface area (Å²) in [4.78, 5) is 27.3. The summed E-state index contributed by atoms with van der Waals surface area (Å²) >= 11 is 0. The van der Waals surface area contributed by atoms with Crippen molar-refractivity contribution < 1.29 is 14.0 Å². The maximum Gasteiger partial charge on any atom is 0.255 e. The monoisotopic (exact) mass is 359 g/mol. The van der Waals surface area contributed by atoms with Crippen molar-refractivity contribution in [2.75, 3.05) is 26.2 Å². The molecule has 6 heteroatoms. The van der Waals surface area contributed by atoms with Crippen molar-refractivity contribution in [2.45, 2.75) is 52.0 Å². The topological polar surface area (TPSA) is 74.6 Å². The maximum absolute atomic E-state index is 12.8. The van der Waals surface area contributed by atoms with Crippen LogP contribution in [0.3, 0.4) is 0 Å². The van der Waals surface area contributed by atoms with Crippen LogP contribution in [0.15, 0.2) is 10.5 Å². The Morgan fingerprint density at radius 2 is 1.92 bits per heavy atom. The van der Waals surface area contributed by atoms with Gasteiger partial charge in [0.1, 0.15) is 11.5 Å². The van der Waals surface area contributed by atoms with Gasteiger partial charge in [0, 0.05) is 25.0 Å². The minimum atomic E-state index is -0.0695. The normalized spacial score (nSPS) is 25.3. The molecule has 4 rings (SSSR count). The molecule has 6 nitrogen and oxygen atoms in total. The fourth-order valence-electron chi connectivity index (χ4n) is 4.76. The van der Waals surface area contributed by atoms with E-state index in [1.165, 1.54) is 0 Å². The van der Waals surface area contributed by atoms with E-state index < -0.39 is 0 Å². The average molecular weight is 359 g/mol. The van der Waals surface area contributed by atoms with Crippen LogP contribution in [0.25, 0.3) is 0 Å². The lowest BCUT2D eigenvalue weighted by molar-refractivity contribution is -0.134. The van der Waals surface area contributed by atoms with Gasteiger partial charge in [-0.3, -0.25) is 9.59 Å². The zero-order valence-electron chi connectivity index (χ0n) is 15.8. The summed E-state index contributed by atoms with van der Waals surface area (Å²) < 4.78 is 5.44. The third kappa shape index (κ3) is 3.27. The first-order chi connectivity index (χ1) is 12.5. The Balaban J connectivity index is 1.27. The van der Waals surface area contributed by atoms with Gasteiger partial charge >= 0.3 is 0 Å². The summed E-state index contributed by atoms with van der Waals surface area (Å²) in [5.74, 6) is 1.93. The van der Waals surface area contributed by atoms with Crippen LogP contribution < -0.4 is 10.6 Å². The summed E-state index contributed by atoms with van der Waals surface area (Å²) in [5.41, 5.74) is 0.913. The van der Waals surface area contributed by atoms with E-state index in [9.17, 15) is 9.59 Å². The van der Waals surface area contributed by atoms with Gasteiger partial charge in [0.25, 0.3) is 5.91 Å². The van der Waals surface area contributed by atoms with Crippen molar-refractivity contribution in [2.24, 2.45) is 11.3 Å². The number of carbonyl (C=O) groups excluding carboxylic acids is 2. The van der Waals surface area contributed by atoms with Gasteiger partial charge in [-0.05, 0) is 70.5 Å². The van der Waals surface area contributed by atoms with Gasteiger partial charge in [0.05, 0.1) is 5.56 Å². The fraction of sp³-hybridized carbons (Fsp3) is 0.700. The number of piperidine rings is 2. The molecule has 3 aliphatic rings. The molecule has 1 unspecified atom stereocenters. The molecule has 2 saturated heterocycles. The molecule has 2 aliphatic heterocycles. The van der Waals surface area contributed by atoms with E-state index in [1.807, 2.05) is 18.7 Å². The molecule has 1 aliphatic carbocycles. The number of hydrogen-bond donors (Lipinski definition) is 2. The molecule has 0 aromatic carbocycles. The molecule has 2 amide bonds. The van der Waals surface area contributed by atoms with E-state index in [0.29, 0.717) is 22.6 Å². The first kappa shape index (κ1) is 17.6. The van der Waals surface area contributed by atoms with E-state index in [-0.39, 0.29) is 17.9 Å². The zero-order chi connectivity index (χ0) is 18.3. The smallest absolute Gasteiger partial charge is 0.255 e. The number of rotatable bonds is 3. The Kier molecular flexibility index (Phi) is 4.55. The predicted octanol–water partition coefficient (Wildman–Crippen LogP) is 2.01. The Labute approximate surface area is 154 Å². The molecule has 3 heterocycles. The second-order valence-electron chi connectivity index (χ2n) is 8.27. The highest BCUT2D eigenvalue weighted by Gasteiger charge is 2.58. The molecule has 2 N–H and O–H groups in total. The summed E-state index contributed by atoms with van der Waals surface area (Å²) in [6.45, 7) is 7.25. The Bertz CT molecular complexity index is 697. The van der Waals surface area contributed by atoms with Crippen molar-refractivity contribution in [1.29, 1.82) is 0 Å². The summed E-state index contributed by atoms with van der Waals surface area (Å²) in [6, 6.07) is 1.92. The molecular weight excluding hydrogens is 330 g/mol. The lowest BCUT2D eigenvalue weighted by atomic mass is 9.91. The standard InChI is InChI=1S/C20H29N3O3/c1-13-11-16(14(2)26-13)18(24)22-15-3-9-23(10-4-15)19(25)17-12-20(17)5-7-21-8-6-20/h11,15,17,21H,3-10,12H2,1-2H3,(H,22,24). The van der Waals surface area contributed by atoms with Gasteiger partial charge in [-0.25, -0.2) is 0 Å². The Morgan fingerprint density at radius 1 is 1.23 bits per heavy atom. The Hall–Kier alpha value is -1.82. The van der Waals surface area contributed by atoms with E-state index in [2.05, 4.69) is 10.6 Å². The molecule has 26 heavy (non-hydrogen) atoms. The predicted molar refractivity (Wildman–Crippen MR) is 97.9 cm³/mol. The first-order valence-corrected chi connectivity index (χ1v) is 9.86. The molecule has 1 saturated carbocycles. The molecule has 0 bridgehead atoms. The third-order valence-electron chi connectivity index (χ3n) is 6.51. The summed E-state index contributed by atoms with van der Waals surface area (Å²) in [6.07, 6.45) is 5.01. The minimum absolute atomic E-state index is 0.0695. The number of hydrogen-bond acceptors (Lipinski definition) is 4. The third-order valence-corrected chi connectivity index (χ3v) is 6.51. The van der Waals surface area contributed by atoms with Crippen LogP contribution in [-0.4, -0.2) is 48.9 Å². The van der Waals surface area contributed by atoms with Crippen LogP contribution in [-0.2, 0) is 4.79 Å². The fourth-order valence-corrected chi connectivity index (χ4v) is 4.76. The van der Waals surface area contributed by atoms with Crippen LogP contribution in [0.4, 0.5) is 0 Å². The highest BCUT2D eigenvalue weighted by molar-refractivity contribution is 5.95. The van der Waals surface area contributed by atoms with Crippen molar-refractivity contribution in [3.63, 3.8) is 0 Å². The lowest BCUT2D eigenvalue weighted by Gasteiger charge is -2.33. The molecule has 1 aromatic rings. The quantitative estimate of drug-likeness (QED) is 0.866. The average Bonchev–Trinajstić information content (AvgIpc) is 3.20. The van der Waals surface area contributed by atoms with E-state index in [0.717, 1.165) is 64.0 Å². The van der Waals surface area contributed by atoms with Crippen LogP contribution in [0.5, 0.6) is 0 Å². The number of likely N-dealkylation sites (tertiary alicyclic amines) is 1. The lowest BCUT2D eigenvalue weighted by Crippen LogP contribution is -2.47. The minimum Gasteiger partial charge on any atom is -0.466 e. The van der Waals surface area contributed by atoms with Crippen molar-refractivity contribution >= 4 is 11.8 Å². The number of nitrogens with zero attached hydrogens (tertiary/aromatic N) is 1. The molecule has 1 atom stereocenters. The summed E-state index contributed by atoms with van der Waals surface area (Å²) in [5, 5.41) is 6.50. The highest BCUT2D eigenvalue weighted by Crippen LogP contribution is 2.59. The van der Waals surface area contributed by atoms with Crippen LogP contribution in [0.2, 0.25) is 0 Å². The highest BCUT2D eigenvalue weighted by atomic mass is 16.3. The second kappa shape index (κ2) is 6.72. The SMILES string of the molecule is Cc1cc(C(=O)NC2CCN(C(=O)C3CC34CCNCC4)CC2)c(C)o1. The van der Waals surface area contributed by atoms with E-state index >= 15 is 0 Å². The zero-order valence-corrected chi connectivity index (χ0v) is 15.8. The maximum atomic E-state index is 12.8. The molecule has 3 fully saturated rings. The van der Waals surface area contributed by atoms with Gasteiger partial charge in [0.15, 0.2) is 0 Å². The molecule has 1 aromatic heterocycles. The van der Waals surface area contributed by atoms with Gasteiger partial charge in [-0.2, -0.15) is 0 Å². The van der Waals surface area contributed by atoms with Gasteiger partial charge in [0.2, 0.25) is 5.91 Å². The number of carbonyl (C=O) groups is 2. The number of furan rings is 1. The Morgan fingerprint density at radius 3 is 2.54 bits per heavy atom. The molecule has 1 spiro atoms. The van der Waals surface area contributed by atoms with Crippen molar-refractivity contribution in [3.05, 3.63) is 23.2 Å². The van der Waals surface area contributed by atoms with Crippen LogP contribution in [0.1, 0.15) is 54.0 Å². The van der Waals surface area contributed by atoms with Crippen molar-refractivity contribution in [1.82, 2.24) is 15.5 Å². The van der Waals surface area contributed by atoms with Crippen LogP contribution >= 0.6 is 0 Å². The largest absolute Gasteiger partial charge is 0.466 e. The van der Waals surface area contributed by atoms with Crippen molar-refractivity contribution in [3.8, 4) is 0 Å². The number of aryl methyl sites for hydroxylation is 2. The van der Waals surface area contributed by atoms with Gasteiger partial charge in [-0.15, -0.1) is 0 Å². The first-order valence-electron chi connectivity index (χ1n) is 9.86. The number of nitrogens with one attached hydrogen (secondary N) is 2.